The van der Waals surface area contributed by atoms with Crippen LogP contribution < -0.4 is 0 Å². The fourth-order valence-electron chi connectivity index (χ4n) is 4.49. The minimum atomic E-state index is -1.10. The van der Waals surface area contributed by atoms with Gasteiger partial charge in [0.1, 0.15) is 0 Å². The molecule has 0 saturated heterocycles. The first-order valence-electron chi connectivity index (χ1n) is 10.3. The van der Waals surface area contributed by atoms with E-state index in [0.717, 1.165) is 0 Å². The second kappa shape index (κ2) is 9.13. The maximum atomic E-state index is 2.48. The second-order valence-electron chi connectivity index (χ2n) is 7.90. The van der Waals surface area contributed by atoms with Crippen molar-refractivity contribution in [1.29, 1.82) is 0 Å². The van der Waals surface area contributed by atoms with Crippen LogP contribution in [0.15, 0.2) is 72.8 Å². The molecule has 3 rings (SSSR count). The quantitative estimate of drug-likeness (QED) is 0.389. The van der Waals surface area contributed by atoms with Crippen LogP contribution in [0.25, 0.3) is 0 Å². The molecule has 0 aliphatic carbocycles. The van der Waals surface area contributed by atoms with Crippen molar-refractivity contribution in [3.05, 3.63) is 106 Å². The van der Waals surface area contributed by atoms with Crippen LogP contribution >= 0.6 is 0 Å². The van der Waals surface area contributed by atoms with Crippen molar-refractivity contribution in [1.82, 2.24) is 0 Å². The van der Waals surface area contributed by atoms with Gasteiger partial charge in [-0.2, -0.15) is 0 Å². The van der Waals surface area contributed by atoms with Crippen molar-refractivity contribution in [3.63, 3.8) is 0 Å². The van der Waals surface area contributed by atoms with Gasteiger partial charge in [-0.05, 0) is 0 Å². The van der Waals surface area contributed by atoms with Gasteiger partial charge < -0.3 is 0 Å². The summed E-state index contributed by atoms with van der Waals surface area (Å²) < 4.78 is 1.81. The van der Waals surface area contributed by atoms with Crippen molar-refractivity contribution in [3.8, 4) is 0 Å². The van der Waals surface area contributed by atoms with Gasteiger partial charge in [-0.25, -0.2) is 0 Å². The van der Waals surface area contributed by atoms with Crippen molar-refractivity contribution in [2.24, 2.45) is 0 Å². The molecule has 0 nitrogen and oxygen atoms in total. The molecule has 0 aliphatic rings. The van der Waals surface area contributed by atoms with Crippen LogP contribution in [-0.4, -0.2) is 0 Å². The first-order chi connectivity index (χ1) is 13.4. The average molecular weight is 410 g/mol. The van der Waals surface area contributed by atoms with Gasteiger partial charge in [0.2, 0.25) is 0 Å². The van der Waals surface area contributed by atoms with Gasteiger partial charge in [0.25, 0.3) is 0 Å². The summed E-state index contributed by atoms with van der Waals surface area (Å²) in [5.74, 6) is 0. The fraction of sp³-hybridized carbons (Fsp3) is 0.333. The molecule has 0 radical (unpaired) electrons. The molecule has 3 aromatic carbocycles. The van der Waals surface area contributed by atoms with E-state index < -0.39 is 14.1 Å². The fourth-order valence-corrected chi connectivity index (χ4v) is 9.97. The van der Waals surface area contributed by atoms with E-state index in [1.807, 2.05) is 0 Å². The predicted molar refractivity (Wildman–Crippen MR) is 119 cm³/mol. The van der Waals surface area contributed by atoms with Gasteiger partial charge in [0, 0.05) is 0 Å². The minimum absolute atomic E-state index is 0.602. The molecule has 3 atom stereocenters. The number of aryl methyl sites for hydroxylation is 3. The zero-order valence-corrected chi connectivity index (χ0v) is 19.3. The van der Waals surface area contributed by atoms with Crippen molar-refractivity contribution < 1.29 is 14.1 Å². The Morgan fingerprint density at radius 1 is 0.464 bits per heavy atom. The predicted octanol–water partition coefficient (Wildman–Crippen LogP) is 7.81. The molecule has 0 fully saturated rings. The van der Waals surface area contributed by atoms with Crippen molar-refractivity contribution >= 4 is 0 Å². The molecule has 147 valence electrons. The summed E-state index contributed by atoms with van der Waals surface area (Å²) in [5.41, 5.74) is 8.89. The Balaban J connectivity index is 2.09. The number of hydrogen-bond acceptors (Lipinski definition) is 0. The van der Waals surface area contributed by atoms with Crippen LogP contribution in [0.2, 0.25) is 0 Å². The maximum absolute atomic E-state index is 2.48. The van der Waals surface area contributed by atoms with Crippen LogP contribution in [-0.2, 0) is 14.1 Å². The molecule has 1 heteroatoms. The van der Waals surface area contributed by atoms with Crippen LogP contribution in [0.1, 0.15) is 68.5 Å². The van der Waals surface area contributed by atoms with Gasteiger partial charge in [-0.1, -0.05) is 0 Å². The summed E-state index contributed by atoms with van der Waals surface area (Å²) in [6.45, 7) is 14.3. The summed E-state index contributed by atoms with van der Waals surface area (Å²) in [6, 6.07) is 27.0. The Labute approximate surface area is 176 Å². The molecular weight excluding hydrogens is 376 g/mol. The van der Waals surface area contributed by atoms with Gasteiger partial charge >= 0.3 is 176 Å². The zero-order chi connectivity index (χ0) is 20.3. The molecular formula is C27H33Cr. The average Bonchev–Trinajstić information content (AvgIpc) is 2.69. The molecule has 3 unspecified atom stereocenters. The summed E-state index contributed by atoms with van der Waals surface area (Å²) in [6.07, 6.45) is 0. The van der Waals surface area contributed by atoms with Crippen LogP contribution in [0, 0.1) is 20.8 Å². The van der Waals surface area contributed by atoms with E-state index in [4.69, 9.17) is 0 Å². The topological polar surface area (TPSA) is 0 Å². The van der Waals surface area contributed by atoms with Crippen molar-refractivity contribution in [2.75, 3.05) is 0 Å². The summed E-state index contributed by atoms with van der Waals surface area (Å²) >= 11 is -1.10. The molecule has 0 amide bonds. The zero-order valence-electron chi connectivity index (χ0n) is 18.1. The number of hydrogen-bond donors (Lipinski definition) is 0. The molecule has 28 heavy (non-hydrogen) atoms. The van der Waals surface area contributed by atoms with Crippen LogP contribution in [0.5, 0.6) is 0 Å². The van der Waals surface area contributed by atoms with Crippen molar-refractivity contribution in [2.45, 2.75) is 55.9 Å². The standard InChI is InChI=1S/3C9H11.Cr/c3*1-3-9-7-5-4-6-8(9)2;/h3*3-7H,1-2H3;. The van der Waals surface area contributed by atoms with Gasteiger partial charge in [-0.15, -0.1) is 0 Å². The molecule has 0 bridgehead atoms. The van der Waals surface area contributed by atoms with E-state index in [1.54, 1.807) is 0 Å². The normalized spacial score (nSPS) is 14.7. The monoisotopic (exact) mass is 409 g/mol. The van der Waals surface area contributed by atoms with Gasteiger partial charge in [0.15, 0.2) is 0 Å². The van der Waals surface area contributed by atoms with E-state index in [1.165, 1.54) is 33.4 Å². The third-order valence-electron chi connectivity index (χ3n) is 6.10. The Morgan fingerprint density at radius 3 is 0.964 bits per heavy atom. The number of benzene rings is 3. The first-order valence-corrected chi connectivity index (χ1v) is 12.5. The molecule has 0 heterocycles. The second-order valence-corrected chi connectivity index (χ2v) is 12.5. The molecule has 0 aliphatic heterocycles. The third-order valence-corrected chi connectivity index (χ3v) is 11.1. The Kier molecular flexibility index (Phi) is 6.82. The third kappa shape index (κ3) is 4.27. The molecule has 0 saturated carbocycles. The van der Waals surface area contributed by atoms with E-state index in [0.29, 0.717) is 14.3 Å². The van der Waals surface area contributed by atoms with Crippen LogP contribution in [0.3, 0.4) is 0 Å². The summed E-state index contributed by atoms with van der Waals surface area (Å²) in [7, 11) is 0. The van der Waals surface area contributed by atoms with E-state index >= 15 is 0 Å². The van der Waals surface area contributed by atoms with E-state index in [9.17, 15) is 0 Å². The summed E-state index contributed by atoms with van der Waals surface area (Å²) in [4.78, 5) is 0. The molecule has 3 aromatic rings. The summed E-state index contributed by atoms with van der Waals surface area (Å²) in [5, 5.41) is 0. The molecule has 0 spiro atoms. The van der Waals surface area contributed by atoms with Gasteiger partial charge in [-0.3, -0.25) is 0 Å². The van der Waals surface area contributed by atoms with E-state index in [-0.39, 0.29) is 0 Å². The molecule has 0 N–H and O–H groups in total. The SMILES string of the molecule is Cc1ccccc1[CH](C)[Cr]([CH](C)c1ccccc1C)[CH](C)c1ccccc1C. The number of rotatable bonds is 6. The van der Waals surface area contributed by atoms with Gasteiger partial charge in [0.05, 0.1) is 0 Å². The Hall–Kier alpha value is -1.81. The Bertz CT molecular complexity index is 804. The first kappa shape index (κ1) is 20.9. The van der Waals surface area contributed by atoms with Crippen LogP contribution in [0.4, 0.5) is 0 Å². The molecule has 0 aromatic heterocycles. The Morgan fingerprint density at radius 2 is 0.714 bits per heavy atom. The van der Waals surface area contributed by atoms with E-state index in [2.05, 4.69) is 114 Å².